The molecule has 2 amide bonds. The lowest BCUT2D eigenvalue weighted by atomic mass is 10.2. The van der Waals surface area contributed by atoms with E-state index in [-0.39, 0.29) is 17.4 Å². The van der Waals surface area contributed by atoms with E-state index in [1.165, 1.54) is 12.3 Å². The normalized spacial score (nSPS) is 15.8. The van der Waals surface area contributed by atoms with Crippen LogP contribution in [0.2, 0.25) is 0 Å². The lowest BCUT2D eigenvalue weighted by Gasteiger charge is -2.14. The molecule has 1 atom stereocenters. The third-order valence-electron chi connectivity index (χ3n) is 2.95. The van der Waals surface area contributed by atoms with Crippen molar-refractivity contribution in [2.24, 2.45) is 5.92 Å². The van der Waals surface area contributed by atoms with Crippen molar-refractivity contribution < 1.29 is 14.7 Å². The summed E-state index contributed by atoms with van der Waals surface area (Å²) in [4.78, 5) is 26.3. The zero-order valence-electron chi connectivity index (χ0n) is 10.0. The van der Waals surface area contributed by atoms with E-state index in [2.05, 4.69) is 15.6 Å². The molecule has 6 nitrogen and oxygen atoms in total. The number of nitrogens with one attached hydrogen (secondary N) is 2. The summed E-state index contributed by atoms with van der Waals surface area (Å²) in [6.07, 6.45) is 3.64. The number of carbonyl (C=O) groups excluding carboxylic acids is 1. The van der Waals surface area contributed by atoms with Gasteiger partial charge in [-0.3, -0.25) is 0 Å². The van der Waals surface area contributed by atoms with Gasteiger partial charge < -0.3 is 15.7 Å². The zero-order chi connectivity index (χ0) is 13.1. The largest absolute Gasteiger partial charge is 0.476 e. The van der Waals surface area contributed by atoms with Crippen LogP contribution in [0.25, 0.3) is 0 Å². The Balaban J connectivity index is 1.99. The van der Waals surface area contributed by atoms with E-state index in [4.69, 9.17) is 5.11 Å². The molecule has 0 radical (unpaired) electrons. The first-order valence-electron chi connectivity index (χ1n) is 5.83. The summed E-state index contributed by atoms with van der Waals surface area (Å²) >= 11 is 0. The minimum absolute atomic E-state index is 0.106. The van der Waals surface area contributed by atoms with Crippen molar-refractivity contribution in [2.75, 3.05) is 5.32 Å². The molecule has 1 unspecified atom stereocenters. The third-order valence-corrected chi connectivity index (χ3v) is 2.95. The van der Waals surface area contributed by atoms with Crippen LogP contribution in [-0.2, 0) is 0 Å². The van der Waals surface area contributed by atoms with Gasteiger partial charge in [-0.25, -0.2) is 14.6 Å². The SMILES string of the molecule is CC(NC(=O)Nc1cccnc1C(=O)O)C1CC1. The molecule has 1 aliphatic carbocycles. The maximum absolute atomic E-state index is 11.7. The van der Waals surface area contributed by atoms with Crippen molar-refractivity contribution in [3.63, 3.8) is 0 Å². The van der Waals surface area contributed by atoms with E-state index in [0.29, 0.717) is 5.92 Å². The van der Waals surface area contributed by atoms with Crippen LogP contribution in [0.4, 0.5) is 10.5 Å². The van der Waals surface area contributed by atoms with E-state index >= 15 is 0 Å². The summed E-state index contributed by atoms with van der Waals surface area (Å²) in [6.45, 7) is 1.94. The number of hydrogen-bond acceptors (Lipinski definition) is 3. The molecule has 1 aliphatic rings. The average molecular weight is 249 g/mol. The van der Waals surface area contributed by atoms with E-state index in [1.54, 1.807) is 6.07 Å². The average Bonchev–Trinajstić information content (AvgIpc) is 3.12. The fourth-order valence-corrected chi connectivity index (χ4v) is 1.76. The number of anilines is 1. The first kappa shape index (κ1) is 12.3. The van der Waals surface area contributed by atoms with Crippen LogP contribution in [0, 0.1) is 5.92 Å². The smallest absolute Gasteiger partial charge is 0.356 e. The summed E-state index contributed by atoms with van der Waals surface area (Å²) in [5.41, 5.74) is 0.0391. The Morgan fingerprint density at radius 3 is 2.83 bits per heavy atom. The summed E-state index contributed by atoms with van der Waals surface area (Å²) in [7, 11) is 0. The Labute approximate surface area is 104 Å². The molecule has 1 aromatic heterocycles. The molecule has 1 saturated carbocycles. The first-order chi connectivity index (χ1) is 8.58. The highest BCUT2D eigenvalue weighted by Gasteiger charge is 2.29. The highest BCUT2D eigenvalue weighted by molar-refractivity contribution is 5.98. The van der Waals surface area contributed by atoms with Crippen molar-refractivity contribution in [3.05, 3.63) is 24.0 Å². The highest BCUT2D eigenvalue weighted by atomic mass is 16.4. The summed E-state index contributed by atoms with van der Waals surface area (Å²) in [5, 5.41) is 14.2. The summed E-state index contributed by atoms with van der Waals surface area (Å²) in [6, 6.07) is 2.80. The number of amides is 2. The molecule has 1 heterocycles. The molecular weight excluding hydrogens is 234 g/mol. The molecule has 2 rings (SSSR count). The van der Waals surface area contributed by atoms with Crippen molar-refractivity contribution >= 4 is 17.7 Å². The minimum atomic E-state index is -1.17. The molecule has 18 heavy (non-hydrogen) atoms. The van der Waals surface area contributed by atoms with Crippen LogP contribution in [0.15, 0.2) is 18.3 Å². The number of aromatic carboxylic acids is 1. The van der Waals surface area contributed by atoms with Crippen molar-refractivity contribution in [1.29, 1.82) is 0 Å². The van der Waals surface area contributed by atoms with Gasteiger partial charge in [0.2, 0.25) is 0 Å². The Bertz CT molecular complexity index is 471. The number of aromatic nitrogens is 1. The monoisotopic (exact) mass is 249 g/mol. The maximum atomic E-state index is 11.7. The molecule has 3 N–H and O–H groups in total. The molecule has 1 fully saturated rings. The lowest BCUT2D eigenvalue weighted by Crippen LogP contribution is -2.37. The summed E-state index contributed by atoms with van der Waals surface area (Å²) < 4.78 is 0. The number of urea groups is 1. The second-order valence-corrected chi connectivity index (χ2v) is 4.43. The number of nitrogens with zero attached hydrogens (tertiary/aromatic N) is 1. The van der Waals surface area contributed by atoms with Crippen molar-refractivity contribution in [3.8, 4) is 0 Å². The lowest BCUT2D eigenvalue weighted by molar-refractivity contribution is 0.0692. The van der Waals surface area contributed by atoms with Gasteiger partial charge in [0.1, 0.15) is 0 Å². The van der Waals surface area contributed by atoms with Gasteiger partial charge >= 0.3 is 12.0 Å². The van der Waals surface area contributed by atoms with E-state index in [1.807, 2.05) is 6.92 Å². The van der Waals surface area contributed by atoms with E-state index < -0.39 is 12.0 Å². The fraction of sp³-hybridized carbons (Fsp3) is 0.417. The van der Waals surface area contributed by atoms with Crippen LogP contribution in [-0.4, -0.2) is 28.1 Å². The van der Waals surface area contributed by atoms with E-state index in [0.717, 1.165) is 12.8 Å². The molecule has 0 aliphatic heterocycles. The second kappa shape index (κ2) is 5.03. The Morgan fingerprint density at radius 1 is 1.50 bits per heavy atom. The van der Waals surface area contributed by atoms with Gasteiger partial charge in [0.15, 0.2) is 5.69 Å². The number of carbonyl (C=O) groups is 2. The Hall–Kier alpha value is -2.11. The predicted molar refractivity (Wildman–Crippen MR) is 65.5 cm³/mol. The molecule has 0 saturated heterocycles. The minimum Gasteiger partial charge on any atom is -0.476 e. The van der Waals surface area contributed by atoms with Gasteiger partial charge in [-0.1, -0.05) is 0 Å². The van der Waals surface area contributed by atoms with Crippen LogP contribution in [0.1, 0.15) is 30.3 Å². The number of carboxylic acid groups (broad SMARTS) is 1. The molecule has 0 aromatic carbocycles. The van der Waals surface area contributed by atoms with Gasteiger partial charge in [-0.05, 0) is 37.8 Å². The number of carboxylic acids is 1. The van der Waals surface area contributed by atoms with E-state index in [9.17, 15) is 9.59 Å². The maximum Gasteiger partial charge on any atom is 0.356 e. The van der Waals surface area contributed by atoms with Crippen LogP contribution >= 0.6 is 0 Å². The predicted octanol–water partition coefficient (Wildman–Crippen LogP) is 1.70. The Morgan fingerprint density at radius 2 is 2.22 bits per heavy atom. The number of hydrogen-bond donors (Lipinski definition) is 3. The zero-order valence-corrected chi connectivity index (χ0v) is 10.0. The Kier molecular flexibility index (Phi) is 3.45. The molecule has 1 aromatic rings. The second-order valence-electron chi connectivity index (χ2n) is 4.43. The molecular formula is C12H15N3O3. The topological polar surface area (TPSA) is 91.3 Å². The standard InChI is InChI=1S/C12H15N3O3/c1-7(8-4-5-8)14-12(18)15-9-3-2-6-13-10(9)11(16)17/h2-3,6-8H,4-5H2,1H3,(H,16,17)(H2,14,15,18). The van der Waals surface area contributed by atoms with Gasteiger partial charge in [-0.2, -0.15) is 0 Å². The third kappa shape index (κ3) is 2.97. The summed E-state index contributed by atoms with van der Waals surface area (Å²) in [5.74, 6) is -0.621. The van der Waals surface area contributed by atoms with Gasteiger partial charge in [0, 0.05) is 12.2 Å². The molecule has 0 bridgehead atoms. The fourth-order valence-electron chi connectivity index (χ4n) is 1.76. The quantitative estimate of drug-likeness (QED) is 0.757. The van der Waals surface area contributed by atoms with Gasteiger partial charge in [0.05, 0.1) is 5.69 Å². The molecule has 96 valence electrons. The van der Waals surface area contributed by atoms with Gasteiger partial charge in [0.25, 0.3) is 0 Å². The van der Waals surface area contributed by atoms with Gasteiger partial charge in [-0.15, -0.1) is 0 Å². The first-order valence-corrected chi connectivity index (χ1v) is 5.83. The highest BCUT2D eigenvalue weighted by Crippen LogP contribution is 2.32. The number of pyridine rings is 1. The van der Waals surface area contributed by atoms with Crippen LogP contribution < -0.4 is 10.6 Å². The number of rotatable bonds is 4. The molecule has 6 heteroatoms. The molecule has 0 spiro atoms. The van der Waals surface area contributed by atoms with Crippen molar-refractivity contribution in [1.82, 2.24) is 10.3 Å². The van der Waals surface area contributed by atoms with Crippen LogP contribution in [0.3, 0.4) is 0 Å². The van der Waals surface area contributed by atoms with Crippen molar-refractivity contribution in [2.45, 2.75) is 25.8 Å². The van der Waals surface area contributed by atoms with Crippen LogP contribution in [0.5, 0.6) is 0 Å².